The number of nitrogens with two attached hydrogens (primary N) is 1. The highest BCUT2D eigenvalue weighted by Crippen LogP contribution is 2.31. The van der Waals surface area contributed by atoms with Crippen LogP contribution in [0, 0.1) is 6.92 Å². The van der Waals surface area contributed by atoms with Crippen LogP contribution in [0.5, 0.6) is 5.75 Å². The Kier molecular flexibility index (Phi) is 4.88. The minimum Gasteiger partial charge on any atom is -0.482 e. The molecule has 1 aliphatic rings. The SMILES string of the molecule is Cc1ccc(N)cc1C(=O)NCCCN1C(=O)COc2ccccc21. The van der Waals surface area contributed by atoms with Crippen LogP contribution in [0.2, 0.25) is 0 Å². The van der Waals surface area contributed by atoms with E-state index >= 15 is 0 Å². The number of benzene rings is 2. The number of hydrogen-bond acceptors (Lipinski definition) is 4. The fourth-order valence-corrected chi connectivity index (χ4v) is 2.82. The lowest BCUT2D eigenvalue weighted by atomic mass is 10.1. The summed E-state index contributed by atoms with van der Waals surface area (Å²) in [6.45, 7) is 2.92. The van der Waals surface area contributed by atoms with Gasteiger partial charge in [0.05, 0.1) is 5.69 Å². The summed E-state index contributed by atoms with van der Waals surface area (Å²) in [6, 6.07) is 12.7. The van der Waals surface area contributed by atoms with Gasteiger partial charge in [0.2, 0.25) is 0 Å². The average molecular weight is 339 g/mol. The minimum absolute atomic E-state index is 0.0475. The average Bonchev–Trinajstić information content (AvgIpc) is 2.62. The van der Waals surface area contributed by atoms with Gasteiger partial charge in [0.1, 0.15) is 5.75 Å². The molecule has 0 atom stereocenters. The lowest BCUT2D eigenvalue weighted by Crippen LogP contribution is -2.40. The molecule has 3 rings (SSSR count). The number of anilines is 2. The van der Waals surface area contributed by atoms with E-state index in [0.717, 1.165) is 11.3 Å². The second-order valence-corrected chi connectivity index (χ2v) is 5.99. The number of carbonyl (C=O) groups is 2. The lowest BCUT2D eigenvalue weighted by molar-refractivity contribution is -0.121. The van der Waals surface area contributed by atoms with Crippen molar-refractivity contribution in [2.75, 3.05) is 30.3 Å². The van der Waals surface area contributed by atoms with E-state index in [4.69, 9.17) is 10.5 Å². The van der Waals surface area contributed by atoms with Crippen molar-refractivity contribution in [1.82, 2.24) is 5.32 Å². The number of hydrogen-bond donors (Lipinski definition) is 2. The Hall–Kier alpha value is -3.02. The van der Waals surface area contributed by atoms with Crippen LogP contribution in [-0.4, -0.2) is 31.5 Å². The zero-order valence-corrected chi connectivity index (χ0v) is 14.1. The molecule has 0 unspecified atom stereocenters. The van der Waals surface area contributed by atoms with E-state index < -0.39 is 0 Å². The first-order valence-corrected chi connectivity index (χ1v) is 8.23. The van der Waals surface area contributed by atoms with Crippen molar-refractivity contribution in [3.63, 3.8) is 0 Å². The van der Waals surface area contributed by atoms with Crippen LogP contribution in [0.1, 0.15) is 22.3 Å². The summed E-state index contributed by atoms with van der Waals surface area (Å²) >= 11 is 0. The van der Waals surface area contributed by atoms with Crippen molar-refractivity contribution in [3.05, 3.63) is 53.6 Å². The van der Waals surface area contributed by atoms with Crippen LogP contribution in [0.3, 0.4) is 0 Å². The van der Waals surface area contributed by atoms with Crippen molar-refractivity contribution >= 4 is 23.2 Å². The summed E-state index contributed by atoms with van der Waals surface area (Å²) in [7, 11) is 0. The molecule has 3 N–H and O–H groups in total. The largest absolute Gasteiger partial charge is 0.482 e. The molecule has 130 valence electrons. The van der Waals surface area contributed by atoms with Gasteiger partial charge in [-0.05, 0) is 43.2 Å². The molecular formula is C19H21N3O3. The monoisotopic (exact) mass is 339 g/mol. The van der Waals surface area contributed by atoms with Gasteiger partial charge in [-0.3, -0.25) is 9.59 Å². The fourth-order valence-electron chi connectivity index (χ4n) is 2.82. The highest BCUT2D eigenvalue weighted by atomic mass is 16.5. The molecule has 1 heterocycles. The van der Waals surface area contributed by atoms with Crippen LogP contribution in [0.4, 0.5) is 11.4 Å². The Labute approximate surface area is 146 Å². The van der Waals surface area contributed by atoms with E-state index in [-0.39, 0.29) is 18.4 Å². The number of nitrogens with zero attached hydrogens (tertiary/aromatic N) is 1. The van der Waals surface area contributed by atoms with Gasteiger partial charge >= 0.3 is 0 Å². The van der Waals surface area contributed by atoms with Gasteiger partial charge in [-0.2, -0.15) is 0 Å². The molecule has 2 amide bonds. The Morgan fingerprint density at radius 3 is 2.92 bits per heavy atom. The van der Waals surface area contributed by atoms with Crippen LogP contribution in [-0.2, 0) is 4.79 Å². The first-order chi connectivity index (χ1) is 12.1. The summed E-state index contributed by atoms with van der Waals surface area (Å²) in [5.74, 6) is 0.483. The van der Waals surface area contributed by atoms with Crippen molar-refractivity contribution in [3.8, 4) is 5.75 Å². The second kappa shape index (κ2) is 7.25. The molecular weight excluding hydrogens is 318 g/mol. The maximum atomic E-state index is 12.3. The molecule has 0 saturated carbocycles. The third-order valence-electron chi connectivity index (χ3n) is 4.16. The Morgan fingerprint density at radius 1 is 1.28 bits per heavy atom. The van der Waals surface area contributed by atoms with Crippen molar-refractivity contribution in [2.45, 2.75) is 13.3 Å². The quantitative estimate of drug-likeness (QED) is 0.645. The van der Waals surface area contributed by atoms with E-state index in [1.807, 2.05) is 37.3 Å². The van der Waals surface area contributed by atoms with Crippen LogP contribution in [0.25, 0.3) is 0 Å². The predicted molar refractivity (Wildman–Crippen MR) is 96.8 cm³/mol. The molecule has 0 saturated heterocycles. The Balaban J connectivity index is 1.56. The van der Waals surface area contributed by atoms with Crippen molar-refractivity contribution < 1.29 is 14.3 Å². The number of ether oxygens (including phenoxy) is 1. The molecule has 0 aromatic heterocycles. The fraction of sp³-hybridized carbons (Fsp3) is 0.263. The van der Waals surface area contributed by atoms with Gasteiger partial charge in [-0.15, -0.1) is 0 Å². The summed E-state index contributed by atoms with van der Waals surface area (Å²) in [5.41, 5.74) is 8.53. The summed E-state index contributed by atoms with van der Waals surface area (Å²) in [5, 5.41) is 2.88. The zero-order chi connectivity index (χ0) is 17.8. The van der Waals surface area contributed by atoms with E-state index in [0.29, 0.717) is 36.5 Å². The molecule has 0 bridgehead atoms. The molecule has 6 nitrogen and oxygen atoms in total. The smallest absolute Gasteiger partial charge is 0.265 e. The second-order valence-electron chi connectivity index (χ2n) is 5.99. The normalized spacial score (nSPS) is 13.2. The molecule has 0 fully saturated rings. The highest BCUT2D eigenvalue weighted by Gasteiger charge is 2.24. The summed E-state index contributed by atoms with van der Waals surface area (Å²) in [4.78, 5) is 26.1. The molecule has 25 heavy (non-hydrogen) atoms. The van der Waals surface area contributed by atoms with Crippen molar-refractivity contribution in [1.29, 1.82) is 0 Å². The zero-order valence-electron chi connectivity index (χ0n) is 14.1. The van der Waals surface area contributed by atoms with E-state index in [9.17, 15) is 9.59 Å². The van der Waals surface area contributed by atoms with Gasteiger partial charge in [0, 0.05) is 24.3 Å². The van der Waals surface area contributed by atoms with Gasteiger partial charge in [-0.1, -0.05) is 18.2 Å². The Bertz CT molecular complexity index is 804. The van der Waals surface area contributed by atoms with Gasteiger partial charge in [-0.25, -0.2) is 0 Å². The molecule has 0 spiro atoms. The molecule has 6 heteroatoms. The Morgan fingerprint density at radius 2 is 2.08 bits per heavy atom. The number of rotatable bonds is 5. The predicted octanol–water partition coefficient (Wildman–Crippen LogP) is 2.12. The molecule has 2 aromatic carbocycles. The number of fused-ring (bicyclic) bond motifs is 1. The maximum Gasteiger partial charge on any atom is 0.265 e. The topological polar surface area (TPSA) is 84.7 Å². The number of aryl methyl sites for hydroxylation is 1. The van der Waals surface area contributed by atoms with Crippen LogP contribution in [0.15, 0.2) is 42.5 Å². The van der Waals surface area contributed by atoms with Gasteiger partial charge in [0.15, 0.2) is 6.61 Å². The highest BCUT2D eigenvalue weighted by molar-refractivity contribution is 5.98. The van der Waals surface area contributed by atoms with E-state index in [2.05, 4.69) is 5.32 Å². The van der Waals surface area contributed by atoms with Gasteiger partial charge in [0.25, 0.3) is 11.8 Å². The minimum atomic E-state index is -0.154. The van der Waals surface area contributed by atoms with Crippen molar-refractivity contribution in [2.24, 2.45) is 0 Å². The lowest BCUT2D eigenvalue weighted by Gasteiger charge is -2.29. The summed E-state index contributed by atoms with van der Waals surface area (Å²) in [6.07, 6.45) is 0.646. The molecule has 0 aliphatic carbocycles. The van der Waals surface area contributed by atoms with Gasteiger partial charge < -0.3 is 20.7 Å². The molecule has 2 aromatic rings. The first kappa shape index (κ1) is 16.8. The number of carbonyl (C=O) groups excluding carboxylic acids is 2. The third-order valence-corrected chi connectivity index (χ3v) is 4.16. The number of para-hydroxylation sites is 2. The van der Waals surface area contributed by atoms with E-state index in [1.54, 1.807) is 17.0 Å². The number of nitrogens with one attached hydrogen (secondary N) is 1. The molecule has 1 aliphatic heterocycles. The standard InChI is InChI=1S/C19H21N3O3/c1-13-7-8-14(20)11-15(13)19(24)21-9-4-10-22-16-5-2-3-6-17(16)25-12-18(22)23/h2-3,5-8,11H,4,9-10,12,20H2,1H3,(H,21,24). The summed E-state index contributed by atoms with van der Waals surface area (Å²) < 4.78 is 5.42. The van der Waals surface area contributed by atoms with Crippen LogP contribution >= 0.6 is 0 Å². The molecule has 0 radical (unpaired) electrons. The first-order valence-electron chi connectivity index (χ1n) is 8.23. The maximum absolute atomic E-state index is 12.3. The number of amides is 2. The van der Waals surface area contributed by atoms with E-state index in [1.165, 1.54) is 0 Å². The van der Waals surface area contributed by atoms with Crippen LogP contribution < -0.4 is 20.7 Å². The number of nitrogen functional groups attached to an aromatic ring is 1. The third kappa shape index (κ3) is 3.74.